The van der Waals surface area contributed by atoms with Crippen molar-refractivity contribution in [1.82, 2.24) is 10.6 Å². The highest BCUT2D eigenvalue weighted by Gasteiger charge is 2.42. The van der Waals surface area contributed by atoms with Crippen LogP contribution in [0, 0.1) is 0 Å². The standard InChI is InChI=1S/C15H16F2N2OS.ClH/c1-9(13-6-10-4-2-3-5-12(10)21-13)19-14(20)11-7-15(16,17)8-18-11;/h2-6,9,11,18H,7-8H2,1H3,(H,19,20);1H. The third kappa shape index (κ3) is 3.56. The molecule has 2 N–H and O–H groups in total. The normalized spacial score (nSPS) is 21.3. The van der Waals surface area contributed by atoms with Crippen LogP contribution >= 0.6 is 23.7 Å². The molecule has 1 fully saturated rings. The van der Waals surface area contributed by atoms with E-state index in [0.29, 0.717) is 0 Å². The number of amides is 1. The highest BCUT2D eigenvalue weighted by molar-refractivity contribution is 7.19. The maximum atomic E-state index is 13.1. The summed E-state index contributed by atoms with van der Waals surface area (Å²) < 4.78 is 27.4. The van der Waals surface area contributed by atoms with Crippen molar-refractivity contribution in [2.45, 2.75) is 31.4 Å². The Morgan fingerprint density at radius 1 is 1.45 bits per heavy atom. The maximum absolute atomic E-state index is 13.1. The second kappa shape index (κ2) is 6.48. The number of hydrogen-bond acceptors (Lipinski definition) is 3. The van der Waals surface area contributed by atoms with Gasteiger partial charge < -0.3 is 5.32 Å². The van der Waals surface area contributed by atoms with Crippen LogP contribution in [0.25, 0.3) is 10.1 Å². The Hall–Kier alpha value is -1.24. The van der Waals surface area contributed by atoms with E-state index in [1.54, 1.807) is 11.3 Å². The lowest BCUT2D eigenvalue weighted by atomic mass is 10.1. The number of halogens is 3. The Kier molecular flexibility index (Phi) is 5.04. The fourth-order valence-electron chi connectivity index (χ4n) is 2.50. The van der Waals surface area contributed by atoms with Gasteiger partial charge in [0, 0.05) is 16.0 Å². The lowest BCUT2D eigenvalue weighted by Gasteiger charge is -2.16. The summed E-state index contributed by atoms with van der Waals surface area (Å²) in [5, 5.41) is 6.51. The molecule has 0 radical (unpaired) electrons. The molecule has 1 aliphatic rings. The van der Waals surface area contributed by atoms with Gasteiger partial charge in [0.15, 0.2) is 0 Å². The monoisotopic (exact) mass is 346 g/mol. The van der Waals surface area contributed by atoms with Gasteiger partial charge in [0.25, 0.3) is 5.92 Å². The molecule has 7 heteroatoms. The zero-order valence-electron chi connectivity index (χ0n) is 11.9. The van der Waals surface area contributed by atoms with Crippen molar-refractivity contribution >= 4 is 39.7 Å². The number of benzene rings is 1. The van der Waals surface area contributed by atoms with Crippen molar-refractivity contribution in [3.63, 3.8) is 0 Å². The van der Waals surface area contributed by atoms with E-state index < -0.39 is 24.9 Å². The van der Waals surface area contributed by atoms with Crippen LogP contribution in [-0.4, -0.2) is 24.4 Å². The maximum Gasteiger partial charge on any atom is 0.262 e. The largest absolute Gasteiger partial charge is 0.347 e. The summed E-state index contributed by atoms with van der Waals surface area (Å²) in [6.45, 7) is 1.44. The zero-order valence-corrected chi connectivity index (χ0v) is 13.6. The second-order valence-corrected chi connectivity index (χ2v) is 6.53. The van der Waals surface area contributed by atoms with E-state index in [2.05, 4.69) is 10.6 Å². The van der Waals surface area contributed by atoms with Crippen molar-refractivity contribution in [2.75, 3.05) is 6.54 Å². The van der Waals surface area contributed by atoms with Crippen LogP contribution in [0.5, 0.6) is 0 Å². The predicted octanol–water partition coefficient (Wildman–Crippen LogP) is 3.50. The first-order valence-electron chi connectivity index (χ1n) is 6.85. The first-order chi connectivity index (χ1) is 9.94. The Labute approximate surface area is 137 Å². The Balaban J connectivity index is 0.00000176. The smallest absolute Gasteiger partial charge is 0.262 e. The molecule has 120 valence electrons. The van der Waals surface area contributed by atoms with Gasteiger partial charge in [-0.25, -0.2) is 8.78 Å². The highest BCUT2D eigenvalue weighted by Crippen LogP contribution is 2.30. The van der Waals surface area contributed by atoms with Crippen molar-refractivity contribution in [1.29, 1.82) is 0 Å². The van der Waals surface area contributed by atoms with E-state index in [-0.39, 0.29) is 24.4 Å². The first-order valence-corrected chi connectivity index (χ1v) is 7.66. The molecular formula is C15H17ClF2N2OS. The molecule has 2 heterocycles. The lowest BCUT2D eigenvalue weighted by Crippen LogP contribution is -2.41. The van der Waals surface area contributed by atoms with Crippen LogP contribution in [0.3, 0.4) is 0 Å². The molecule has 1 saturated heterocycles. The summed E-state index contributed by atoms with van der Waals surface area (Å²) in [7, 11) is 0. The SMILES string of the molecule is CC(NC(=O)C1CC(F)(F)CN1)c1cc2ccccc2s1.Cl. The minimum absolute atomic E-state index is 0. The number of rotatable bonds is 3. The molecule has 2 unspecified atom stereocenters. The van der Waals surface area contributed by atoms with Crippen molar-refractivity contribution < 1.29 is 13.6 Å². The van der Waals surface area contributed by atoms with E-state index in [1.165, 1.54) is 0 Å². The Morgan fingerprint density at radius 2 is 2.18 bits per heavy atom. The number of carbonyl (C=O) groups is 1. The van der Waals surface area contributed by atoms with E-state index >= 15 is 0 Å². The summed E-state index contributed by atoms with van der Waals surface area (Å²) in [6.07, 6.45) is -0.433. The average molecular weight is 347 g/mol. The Morgan fingerprint density at radius 3 is 2.82 bits per heavy atom. The van der Waals surface area contributed by atoms with Gasteiger partial charge in [-0.05, 0) is 24.4 Å². The molecule has 1 aromatic carbocycles. The van der Waals surface area contributed by atoms with E-state index in [9.17, 15) is 13.6 Å². The molecule has 2 atom stereocenters. The minimum Gasteiger partial charge on any atom is -0.347 e. The van der Waals surface area contributed by atoms with Gasteiger partial charge in [0.05, 0.1) is 18.6 Å². The summed E-state index contributed by atoms with van der Waals surface area (Å²) in [4.78, 5) is 13.1. The fraction of sp³-hybridized carbons (Fsp3) is 0.400. The summed E-state index contributed by atoms with van der Waals surface area (Å²) in [5.74, 6) is -3.15. The van der Waals surface area contributed by atoms with Crippen molar-refractivity contribution in [3.8, 4) is 0 Å². The average Bonchev–Trinajstić information content (AvgIpc) is 3.01. The second-order valence-electron chi connectivity index (χ2n) is 5.41. The minimum atomic E-state index is -2.79. The molecule has 3 nitrogen and oxygen atoms in total. The first kappa shape index (κ1) is 17.1. The number of thiophene rings is 1. The van der Waals surface area contributed by atoms with Crippen LogP contribution < -0.4 is 10.6 Å². The lowest BCUT2D eigenvalue weighted by molar-refractivity contribution is -0.124. The molecule has 0 spiro atoms. The molecule has 0 saturated carbocycles. The van der Waals surface area contributed by atoms with Gasteiger partial charge >= 0.3 is 0 Å². The summed E-state index contributed by atoms with van der Waals surface area (Å²) >= 11 is 1.61. The molecule has 2 aromatic rings. The third-order valence-corrected chi connectivity index (χ3v) is 4.96. The zero-order chi connectivity index (χ0) is 15.0. The van der Waals surface area contributed by atoms with E-state index in [0.717, 1.165) is 15.0 Å². The number of fused-ring (bicyclic) bond motifs is 1. The molecule has 3 rings (SSSR count). The molecule has 1 amide bonds. The highest BCUT2D eigenvalue weighted by atomic mass is 35.5. The van der Waals surface area contributed by atoms with Crippen LogP contribution in [0.1, 0.15) is 24.3 Å². The number of carbonyl (C=O) groups excluding carboxylic acids is 1. The third-order valence-electron chi connectivity index (χ3n) is 3.66. The van der Waals surface area contributed by atoms with Crippen molar-refractivity contribution in [3.05, 3.63) is 35.2 Å². The molecule has 0 aliphatic carbocycles. The van der Waals surface area contributed by atoms with E-state index in [1.807, 2.05) is 37.3 Å². The van der Waals surface area contributed by atoms with E-state index in [4.69, 9.17) is 0 Å². The van der Waals surface area contributed by atoms with Gasteiger partial charge in [-0.3, -0.25) is 10.1 Å². The van der Waals surface area contributed by atoms with Gasteiger partial charge in [-0.15, -0.1) is 23.7 Å². The molecule has 22 heavy (non-hydrogen) atoms. The van der Waals surface area contributed by atoms with Gasteiger partial charge in [-0.1, -0.05) is 18.2 Å². The summed E-state index contributed by atoms with van der Waals surface area (Å²) in [5.41, 5.74) is 0. The number of nitrogens with one attached hydrogen (secondary N) is 2. The summed E-state index contributed by atoms with van der Waals surface area (Å²) in [6, 6.07) is 9.01. The number of alkyl halides is 2. The topological polar surface area (TPSA) is 41.1 Å². The fourth-order valence-corrected chi connectivity index (χ4v) is 3.57. The molecular weight excluding hydrogens is 330 g/mol. The van der Waals surface area contributed by atoms with Gasteiger partial charge in [-0.2, -0.15) is 0 Å². The van der Waals surface area contributed by atoms with Crippen molar-refractivity contribution in [2.24, 2.45) is 0 Å². The quantitative estimate of drug-likeness (QED) is 0.893. The molecule has 1 aromatic heterocycles. The van der Waals surface area contributed by atoms with Crippen LogP contribution in [-0.2, 0) is 4.79 Å². The van der Waals surface area contributed by atoms with Crippen LogP contribution in [0.2, 0.25) is 0 Å². The molecule has 1 aliphatic heterocycles. The Bertz CT molecular complexity index is 643. The number of hydrogen-bond donors (Lipinski definition) is 2. The van der Waals surface area contributed by atoms with Gasteiger partial charge in [0.2, 0.25) is 5.91 Å². The van der Waals surface area contributed by atoms with Crippen LogP contribution in [0.15, 0.2) is 30.3 Å². The van der Waals surface area contributed by atoms with Gasteiger partial charge in [0.1, 0.15) is 0 Å². The van der Waals surface area contributed by atoms with Crippen LogP contribution in [0.4, 0.5) is 8.78 Å². The molecule has 0 bridgehead atoms. The predicted molar refractivity (Wildman–Crippen MR) is 87.0 cm³/mol.